The Morgan fingerprint density at radius 2 is 1.72 bits per heavy atom. The monoisotopic (exact) mass is 465 g/mol. The van der Waals surface area contributed by atoms with Gasteiger partial charge >= 0.3 is 0 Å². The molecule has 1 saturated heterocycles. The number of benzene rings is 3. The molecule has 1 aliphatic heterocycles. The second-order valence-corrected chi connectivity index (χ2v) is 8.61. The number of carbonyl (C=O) groups is 1. The number of fused-ring (bicyclic) bond motifs is 1. The maximum Gasteiger partial charge on any atom is 0.227 e. The number of rotatable bonds is 6. The number of carbonyl (C=O) groups excluding carboxylic acids is 1. The van der Waals surface area contributed by atoms with Gasteiger partial charge in [0.1, 0.15) is 18.2 Å². The minimum atomic E-state index is -0.0262. The largest absolute Gasteiger partial charge is 0.492 e. The van der Waals surface area contributed by atoms with Crippen molar-refractivity contribution in [1.82, 2.24) is 9.55 Å². The third kappa shape index (κ3) is 4.06. The van der Waals surface area contributed by atoms with Crippen molar-refractivity contribution in [1.29, 1.82) is 0 Å². The van der Waals surface area contributed by atoms with E-state index in [0.29, 0.717) is 36.2 Å². The van der Waals surface area contributed by atoms with E-state index in [9.17, 15) is 4.79 Å². The van der Waals surface area contributed by atoms with E-state index in [0.717, 1.165) is 28.3 Å². The number of hydrogen-bond acceptors (Lipinski definition) is 3. The van der Waals surface area contributed by atoms with E-state index in [2.05, 4.69) is 10.6 Å². The van der Waals surface area contributed by atoms with Gasteiger partial charge in [0, 0.05) is 23.9 Å². The third-order valence-electron chi connectivity index (χ3n) is 5.71. The summed E-state index contributed by atoms with van der Waals surface area (Å²) in [4.78, 5) is 19.5. The van der Waals surface area contributed by atoms with Crippen LogP contribution in [0.3, 0.4) is 0 Å². The molecular formula is C25H21Cl2N3O2. The van der Waals surface area contributed by atoms with Crippen LogP contribution in [0.5, 0.6) is 5.75 Å². The molecule has 1 fully saturated rings. The van der Waals surface area contributed by atoms with Crippen molar-refractivity contribution in [2.24, 2.45) is 0 Å². The van der Waals surface area contributed by atoms with Gasteiger partial charge in [0.25, 0.3) is 0 Å². The Labute approximate surface area is 196 Å². The van der Waals surface area contributed by atoms with Crippen LogP contribution in [0.25, 0.3) is 11.0 Å². The Balaban J connectivity index is 1.41. The summed E-state index contributed by atoms with van der Waals surface area (Å²) in [5, 5.41) is 1.25. The minimum Gasteiger partial charge on any atom is -0.492 e. The van der Waals surface area contributed by atoms with E-state index < -0.39 is 0 Å². The fraction of sp³-hybridized carbons (Fsp3) is 0.200. The smallest absolute Gasteiger partial charge is 0.227 e. The Hall–Kier alpha value is -3.02. The van der Waals surface area contributed by atoms with Gasteiger partial charge < -0.3 is 14.2 Å². The summed E-state index contributed by atoms with van der Waals surface area (Å²) >= 11 is 12.3. The number of para-hydroxylation sites is 3. The number of aromatic nitrogens is 2. The van der Waals surface area contributed by atoms with Gasteiger partial charge in [0.05, 0.1) is 28.3 Å². The van der Waals surface area contributed by atoms with Crippen molar-refractivity contribution in [3.63, 3.8) is 0 Å². The molecule has 2 heterocycles. The fourth-order valence-electron chi connectivity index (χ4n) is 4.21. The number of ether oxygens (including phenoxy) is 1. The minimum absolute atomic E-state index is 0.0262. The predicted octanol–water partition coefficient (Wildman–Crippen LogP) is 5.94. The summed E-state index contributed by atoms with van der Waals surface area (Å²) in [6, 6.07) is 22.8. The highest BCUT2D eigenvalue weighted by molar-refractivity contribution is 6.33. The number of anilines is 1. The molecule has 0 saturated carbocycles. The summed E-state index contributed by atoms with van der Waals surface area (Å²) in [6.07, 6.45) is 0.395. The molecule has 1 atom stereocenters. The van der Waals surface area contributed by atoms with Crippen LogP contribution in [0.15, 0.2) is 72.8 Å². The standard InChI is InChI=1S/C25H21Cl2N3O2/c26-18-9-11-19(12-10-18)32-14-13-29-23-8-4-2-6-21(23)28-25(29)17-15-24(31)30(16-17)22-7-3-1-5-20(22)27/h1-12,17H,13-16H2. The van der Waals surface area contributed by atoms with Gasteiger partial charge in [-0.15, -0.1) is 0 Å². The van der Waals surface area contributed by atoms with Gasteiger partial charge in [0.2, 0.25) is 5.91 Å². The van der Waals surface area contributed by atoms with Crippen LogP contribution < -0.4 is 9.64 Å². The molecule has 0 bridgehead atoms. The highest BCUT2D eigenvalue weighted by Gasteiger charge is 2.35. The molecule has 1 aliphatic rings. The number of hydrogen-bond donors (Lipinski definition) is 0. The number of imidazole rings is 1. The Morgan fingerprint density at radius 1 is 0.969 bits per heavy atom. The van der Waals surface area contributed by atoms with Gasteiger partial charge in [-0.2, -0.15) is 0 Å². The van der Waals surface area contributed by atoms with E-state index >= 15 is 0 Å². The van der Waals surface area contributed by atoms with Crippen molar-refractivity contribution >= 4 is 45.8 Å². The van der Waals surface area contributed by atoms with Gasteiger partial charge in [-0.3, -0.25) is 4.79 Å². The first-order valence-corrected chi connectivity index (χ1v) is 11.2. The SMILES string of the molecule is O=C1CC(c2nc3ccccc3n2CCOc2ccc(Cl)cc2)CN1c1ccccc1Cl. The van der Waals surface area contributed by atoms with Crippen molar-refractivity contribution in [3.8, 4) is 5.75 Å². The quantitative estimate of drug-likeness (QED) is 0.353. The fourth-order valence-corrected chi connectivity index (χ4v) is 4.57. The van der Waals surface area contributed by atoms with E-state index in [1.807, 2.05) is 60.7 Å². The zero-order chi connectivity index (χ0) is 22.1. The molecule has 1 aromatic heterocycles. The van der Waals surface area contributed by atoms with Gasteiger partial charge in [-0.05, 0) is 48.5 Å². The van der Waals surface area contributed by atoms with Crippen molar-refractivity contribution in [2.75, 3.05) is 18.1 Å². The van der Waals surface area contributed by atoms with Gasteiger partial charge in [-0.1, -0.05) is 47.5 Å². The molecule has 32 heavy (non-hydrogen) atoms. The Bertz CT molecular complexity index is 1270. The lowest BCUT2D eigenvalue weighted by Crippen LogP contribution is -2.25. The maximum absolute atomic E-state index is 12.9. The van der Waals surface area contributed by atoms with Crippen LogP contribution in [0.4, 0.5) is 5.69 Å². The number of nitrogens with zero attached hydrogens (tertiary/aromatic N) is 3. The molecule has 162 valence electrons. The molecule has 0 aliphatic carbocycles. The lowest BCUT2D eigenvalue weighted by Gasteiger charge is -2.18. The summed E-state index contributed by atoms with van der Waals surface area (Å²) in [5.74, 6) is 1.69. The predicted molar refractivity (Wildman–Crippen MR) is 128 cm³/mol. The molecule has 0 N–H and O–H groups in total. The topological polar surface area (TPSA) is 47.4 Å². The van der Waals surface area contributed by atoms with E-state index in [-0.39, 0.29) is 11.8 Å². The first kappa shape index (κ1) is 20.9. The molecular weight excluding hydrogens is 445 g/mol. The average molecular weight is 466 g/mol. The first-order chi connectivity index (χ1) is 15.6. The second kappa shape index (κ2) is 8.85. The summed E-state index contributed by atoms with van der Waals surface area (Å²) in [5.41, 5.74) is 2.69. The zero-order valence-corrected chi connectivity index (χ0v) is 18.8. The van der Waals surface area contributed by atoms with Crippen molar-refractivity contribution in [2.45, 2.75) is 18.9 Å². The van der Waals surface area contributed by atoms with Crippen molar-refractivity contribution < 1.29 is 9.53 Å². The molecule has 4 aromatic rings. The molecule has 5 nitrogen and oxygen atoms in total. The van der Waals surface area contributed by atoms with E-state index in [1.54, 1.807) is 11.0 Å². The Morgan fingerprint density at radius 3 is 2.53 bits per heavy atom. The molecule has 3 aromatic carbocycles. The van der Waals surface area contributed by atoms with Crippen LogP contribution in [0, 0.1) is 0 Å². The molecule has 7 heteroatoms. The Kier molecular flexibility index (Phi) is 5.77. The maximum atomic E-state index is 12.9. The highest BCUT2D eigenvalue weighted by Crippen LogP contribution is 2.36. The highest BCUT2D eigenvalue weighted by atomic mass is 35.5. The lowest BCUT2D eigenvalue weighted by molar-refractivity contribution is -0.117. The van der Waals surface area contributed by atoms with Gasteiger partial charge in [0.15, 0.2) is 0 Å². The molecule has 0 spiro atoms. The van der Waals surface area contributed by atoms with E-state index in [1.165, 1.54) is 0 Å². The molecule has 1 amide bonds. The molecule has 5 rings (SSSR count). The summed E-state index contributed by atoms with van der Waals surface area (Å²) < 4.78 is 8.09. The van der Waals surface area contributed by atoms with E-state index in [4.69, 9.17) is 32.9 Å². The summed E-state index contributed by atoms with van der Waals surface area (Å²) in [6.45, 7) is 1.64. The molecule has 1 unspecified atom stereocenters. The average Bonchev–Trinajstić information content (AvgIpc) is 3.36. The lowest BCUT2D eigenvalue weighted by atomic mass is 10.1. The first-order valence-electron chi connectivity index (χ1n) is 10.5. The number of halogens is 2. The third-order valence-corrected chi connectivity index (χ3v) is 6.29. The second-order valence-electron chi connectivity index (χ2n) is 7.77. The normalized spacial score (nSPS) is 16.1. The van der Waals surface area contributed by atoms with Crippen LogP contribution in [-0.4, -0.2) is 28.6 Å². The van der Waals surface area contributed by atoms with Crippen molar-refractivity contribution in [3.05, 3.63) is 88.7 Å². The number of amides is 1. The van der Waals surface area contributed by atoms with Crippen LogP contribution in [0.1, 0.15) is 18.2 Å². The van der Waals surface area contributed by atoms with Crippen LogP contribution in [-0.2, 0) is 11.3 Å². The van der Waals surface area contributed by atoms with Gasteiger partial charge in [-0.25, -0.2) is 4.98 Å². The zero-order valence-electron chi connectivity index (χ0n) is 17.2. The summed E-state index contributed by atoms with van der Waals surface area (Å²) in [7, 11) is 0. The van der Waals surface area contributed by atoms with Crippen LogP contribution >= 0.6 is 23.2 Å². The molecule has 0 radical (unpaired) electrons. The van der Waals surface area contributed by atoms with Crippen LogP contribution in [0.2, 0.25) is 10.0 Å².